The molecule has 59 heavy (non-hydrogen) atoms. The Kier molecular flexibility index (Phi) is 10.3. The van der Waals surface area contributed by atoms with Crippen LogP contribution in [-0.2, 0) is 68.1 Å². The SMILES string of the molecule is CC(=O)OC1CC(=O)N1c1cccc(CN2C(=O)[C@]3(O[C@H](CC(=O)N4Cc5ccccc5C[C@H]4CO)[C@@H]([Si](C)(C)O)[C@@H]3C)c3cc(N4C(=O)CC4OC(C)=O)ccc32)c1. The molecule has 3 fully saturated rings. The summed E-state index contributed by atoms with van der Waals surface area (Å²) < 4.78 is 17.8. The van der Waals surface area contributed by atoms with Gasteiger partial charge in [0.2, 0.25) is 17.7 Å². The molecule has 310 valence electrons. The van der Waals surface area contributed by atoms with Gasteiger partial charge in [-0.1, -0.05) is 43.3 Å². The van der Waals surface area contributed by atoms with Gasteiger partial charge in [0.15, 0.2) is 26.4 Å². The van der Waals surface area contributed by atoms with Gasteiger partial charge in [0.1, 0.15) is 0 Å². The van der Waals surface area contributed by atoms with E-state index in [2.05, 4.69) is 0 Å². The molecule has 5 aliphatic heterocycles. The first-order chi connectivity index (χ1) is 28.0. The number of anilines is 3. The summed E-state index contributed by atoms with van der Waals surface area (Å²) in [6.45, 7) is 8.03. The van der Waals surface area contributed by atoms with E-state index in [4.69, 9.17) is 14.2 Å². The van der Waals surface area contributed by atoms with Crippen molar-refractivity contribution in [2.24, 2.45) is 5.92 Å². The van der Waals surface area contributed by atoms with Gasteiger partial charge in [-0.2, -0.15) is 0 Å². The van der Waals surface area contributed by atoms with Gasteiger partial charge in [0.05, 0.1) is 50.2 Å². The van der Waals surface area contributed by atoms with Gasteiger partial charge >= 0.3 is 11.9 Å². The number of β-lactam (4-membered cyclic amide) rings is 2. The number of hydrogen-bond acceptors (Lipinski definition) is 11. The number of carbonyl (C=O) groups excluding carboxylic acids is 6. The van der Waals surface area contributed by atoms with Crippen molar-refractivity contribution in [1.82, 2.24) is 4.90 Å². The number of carbonyl (C=O) groups is 6. The average Bonchev–Trinajstić information content (AvgIpc) is 3.59. The van der Waals surface area contributed by atoms with Crippen LogP contribution in [0, 0.1) is 5.92 Å². The second-order valence-corrected chi connectivity index (χ2v) is 20.7. The van der Waals surface area contributed by atoms with Gasteiger partial charge in [0.25, 0.3) is 5.91 Å². The predicted molar refractivity (Wildman–Crippen MR) is 215 cm³/mol. The van der Waals surface area contributed by atoms with Crippen LogP contribution in [0.25, 0.3) is 0 Å². The number of nitrogens with zero attached hydrogens (tertiary/aromatic N) is 4. The minimum atomic E-state index is -3.22. The molecule has 15 nitrogen and oxygen atoms in total. The van der Waals surface area contributed by atoms with Crippen molar-refractivity contribution in [3.63, 3.8) is 0 Å². The molecular formula is C43H48N4O11Si. The van der Waals surface area contributed by atoms with Crippen molar-refractivity contribution in [3.05, 3.63) is 89.0 Å². The summed E-state index contributed by atoms with van der Waals surface area (Å²) in [4.78, 5) is 96.9. The fourth-order valence-electron chi connectivity index (χ4n) is 9.86. The number of esters is 2. The molecule has 0 aromatic heterocycles. The number of aliphatic hydroxyl groups is 1. The zero-order valence-electron chi connectivity index (χ0n) is 33.6. The summed E-state index contributed by atoms with van der Waals surface area (Å²) in [7, 11) is -3.22. The number of rotatable bonds is 10. The normalized spacial score (nSPS) is 27.3. The van der Waals surface area contributed by atoms with E-state index < -0.39 is 67.8 Å². The quantitative estimate of drug-likeness (QED) is 0.173. The second-order valence-electron chi connectivity index (χ2n) is 16.7. The number of ether oxygens (including phenoxy) is 3. The summed E-state index contributed by atoms with van der Waals surface area (Å²) in [5.74, 6) is -2.91. The molecule has 2 N–H and O–H groups in total. The topological polar surface area (TPSA) is 184 Å². The van der Waals surface area contributed by atoms with Crippen molar-refractivity contribution >= 4 is 60.9 Å². The zero-order chi connectivity index (χ0) is 42.1. The Morgan fingerprint density at radius 1 is 0.847 bits per heavy atom. The third-order valence-corrected chi connectivity index (χ3v) is 15.0. The number of hydrogen-bond donors (Lipinski definition) is 2. The Balaban J connectivity index is 1.17. The molecule has 0 radical (unpaired) electrons. The zero-order valence-corrected chi connectivity index (χ0v) is 34.6. The van der Waals surface area contributed by atoms with Crippen LogP contribution >= 0.6 is 0 Å². The molecule has 1 spiro atoms. The highest BCUT2D eigenvalue weighted by molar-refractivity contribution is 6.71. The molecule has 4 amide bonds. The van der Waals surface area contributed by atoms with Gasteiger partial charge in [-0.15, -0.1) is 0 Å². The monoisotopic (exact) mass is 824 g/mol. The summed E-state index contributed by atoms with van der Waals surface area (Å²) in [5, 5.41) is 10.4. The van der Waals surface area contributed by atoms with Crippen LogP contribution in [0.4, 0.5) is 17.1 Å². The van der Waals surface area contributed by atoms with Crippen LogP contribution in [-0.4, -0.2) is 89.9 Å². The fourth-order valence-corrected chi connectivity index (χ4v) is 12.4. The van der Waals surface area contributed by atoms with Gasteiger partial charge in [-0.3, -0.25) is 38.6 Å². The third-order valence-electron chi connectivity index (χ3n) is 12.5. The van der Waals surface area contributed by atoms with E-state index in [1.54, 1.807) is 59.3 Å². The summed E-state index contributed by atoms with van der Waals surface area (Å²) >= 11 is 0. The first-order valence-electron chi connectivity index (χ1n) is 19.9. The molecule has 3 saturated heterocycles. The van der Waals surface area contributed by atoms with Crippen molar-refractivity contribution < 1.29 is 52.9 Å². The van der Waals surface area contributed by atoms with Crippen LogP contribution in [0.2, 0.25) is 18.6 Å². The van der Waals surface area contributed by atoms with E-state index in [1.165, 1.54) is 23.6 Å². The first-order valence-corrected chi connectivity index (χ1v) is 23.0. The highest BCUT2D eigenvalue weighted by Crippen LogP contribution is 2.60. The van der Waals surface area contributed by atoms with Crippen molar-refractivity contribution in [2.45, 2.75) is 108 Å². The van der Waals surface area contributed by atoms with Crippen LogP contribution in [0.1, 0.15) is 62.3 Å². The Hall–Kier alpha value is -5.42. The van der Waals surface area contributed by atoms with E-state index in [-0.39, 0.29) is 50.1 Å². The van der Waals surface area contributed by atoms with Crippen molar-refractivity contribution in [2.75, 3.05) is 21.3 Å². The predicted octanol–water partition coefficient (Wildman–Crippen LogP) is 3.62. The van der Waals surface area contributed by atoms with E-state index >= 15 is 4.79 Å². The second kappa shape index (κ2) is 15.0. The molecule has 3 aromatic rings. The average molecular weight is 825 g/mol. The molecule has 5 aliphatic rings. The maximum absolute atomic E-state index is 15.3. The molecular weight excluding hydrogens is 777 g/mol. The number of aliphatic hydroxyl groups excluding tert-OH is 1. The van der Waals surface area contributed by atoms with E-state index in [1.807, 2.05) is 37.3 Å². The van der Waals surface area contributed by atoms with E-state index in [0.29, 0.717) is 41.2 Å². The van der Waals surface area contributed by atoms with Crippen molar-refractivity contribution in [1.29, 1.82) is 0 Å². The number of amides is 4. The Morgan fingerprint density at radius 3 is 2.07 bits per heavy atom. The molecule has 8 rings (SSSR count). The summed E-state index contributed by atoms with van der Waals surface area (Å²) in [5.41, 5.74) is 2.21. The maximum atomic E-state index is 15.3. The smallest absolute Gasteiger partial charge is 0.304 e. The summed E-state index contributed by atoms with van der Waals surface area (Å²) in [6.07, 6.45) is -2.07. The molecule has 0 bridgehead atoms. The Labute approximate surface area is 342 Å². The molecule has 2 unspecified atom stereocenters. The van der Waals surface area contributed by atoms with Crippen LogP contribution in [0.3, 0.4) is 0 Å². The minimum absolute atomic E-state index is 0.000309. The lowest BCUT2D eigenvalue weighted by Gasteiger charge is -2.39. The van der Waals surface area contributed by atoms with Gasteiger partial charge in [-0.05, 0) is 66.5 Å². The standard InChI is InChI=1S/C43H48N4O11Si/c1-24-41(59(4,5)55)35(18-36(51)44-22-29-11-7-6-10-28(29)16-32(44)23-48)58-43(24)33-17-31(47-38(53)20-40(47)57-26(3)50)13-14-34(33)45(42(43)54)21-27-9-8-12-30(15-27)46-37(52)19-39(46)56-25(2)49/h6-15,17,24,32,35,39-41,48,55H,16,18-23H2,1-5H3/t24-,32-,35+,39?,40?,41-,43+/m0/s1. The van der Waals surface area contributed by atoms with Crippen LogP contribution < -0.4 is 14.7 Å². The number of benzene rings is 3. The number of fused-ring (bicyclic) bond motifs is 3. The lowest BCUT2D eigenvalue weighted by molar-refractivity contribution is -0.155. The van der Waals surface area contributed by atoms with Crippen LogP contribution in [0.5, 0.6) is 0 Å². The Bertz CT molecular complexity index is 2260. The first kappa shape index (κ1) is 40.4. The maximum Gasteiger partial charge on any atom is 0.304 e. The molecule has 7 atom stereocenters. The van der Waals surface area contributed by atoms with Gasteiger partial charge in [-0.25, -0.2) is 0 Å². The highest BCUT2D eigenvalue weighted by Gasteiger charge is 2.67. The van der Waals surface area contributed by atoms with Gasteiger partial charge < -0.3 is 33.9 Å². The molecule has 0 aliphatic carbocycles. The lowest BCUT2D eigenvalue weighted by atomic mass is 9.82. The molecule has 3 aromatic carbocycles. The molecule has 16 heteroatoms. The largest absolute Gasteiger partial charge is 0.441 e. The lowest BCUT2D eigenvalue weighted by Crippen LogP contribution is -2.55. The van der Waals surface area contributed by atoms with Crippen molar-refractivity contribution in [3.8, 4) is 0 Å². The Morgan fingerprint density at radius 2 is 1.47 bits per heavy atom. The van der Waals surface area contributed by atoms with Crippen LogP contribution in [0.15, 0.2) is 66.7 Å². The van der Waals surface area contributed by atoms with E-state index in [0.717, 1.165) is 11.1 Å². The summed E-state index contributed by atoms with van der Waals surface area (Å²) in [6, 6.07) is 19.5. The minimum Gasteiger partial charge on any atom is -0.441 e. The highest BCUT2D eigenvalue weighted by atomic mass is 28.4. The van der Waals surface area contributed by atoms with Gasteiger partial charge in [0, 0.05) is 48.8 Å². The fraction of sp³-hybridized carbons (Fsp3) is 0.442. The van der Waals surface area contributed by atoms with E-state index in [9.17, 15) is 33.9 Å². The molecule has 0 saturated carbocycles. The molecule has 5 heterocycles. The third kappa shape index (κ3) is 6.90.